The predicted molar refractivity (Wildman–Crippen MR) is 213 cm³/mol. The fraction of sp³-hybridized carbons (Fsp3) is 0.829. The van der Waals surface area contributed by atoms with Crippen LogP contribution < -0.4 is 10.6 Å². The monoisotopic (exact) mass is 1010 g/mol. The van der Waals surface area contributed by atoms with Gasteiger partial charge in [-0.2, -0.15) is 0 Å². The van der Waals surface area contributed by atoms with Crippen LogP contribution in [0.25, 0.3) is 0 Å². The maximum atomic E-state index is 13.1. The van der Waals surface area contributed by atoms with Gasteiger partial charge >= 0.3 is 69.8 Å². The summed E-state index contributed by atoms with van der Waals surface area (Å²) in [6.45, 7) is 3.85. The summed E-state index contributed by atoms with van der Waals surface area (Å²) in [4.78, 5) is 86.5. The van der Waals surface area contributed by atoms with Gasteiger partial charge in [-0.05, 0) is 97.7 Å². The molecule has 11 atom stereocenters. The Morgan fingerprint density at radius 1 is 0.656 bits per heavy atom. The van der Waals surface area contributed by atoms with Crippen molar-refractivity contribution in [2.24, 2.45) is 46.3 Å². The van der Waals surface area contributed by atoms with Crippen LogP contribution in [0, 0.1) is 86.3 Å². The van der Waals surface area contributed by atoms with Crippen LogP contribution >= 0.6 is 0 Å². The number of hydrogen-bond donors (Lipinski definition) is 9. The molecule has 61 heavy (non-hydrogen) atoms. The van der Waals surface area contributed by atoms with Gasteiger partial charge in [-0.3, -0.25) is 48.3 Å². The van der Waals surface area contributed by atoms with Gasteiger partial charge in [0, 0.05) is 51.6 Å². The molecule has 4 rings (SSSR count). The SMILES string of the molecule is CC(CCC(=O)O)[C@H]1CCC2C3C(C[C@H](O)[C@@]21C)[C@@]1(C)CC[C@H](NC(=O)CCNC(=O)CN(CCN(CC(=O)O)CC(=O)O)CCN(CC(=O)O)CC(=O)O)CC1C[C@H]3O.[Gd+3]. The Bertz CT molecular complexity index is 1500. The minimum absolute atomic E-state index is 0. The van der Waals surface area contributed by atoms with Crippen LogP contribution in [-0.2, 0) is 33.6 Å². The fourth-order valence-electron chi connectivity index (χ4n) is 11.7. The number of carbonyl (C=O) groups excluding carboxylic acids is 2. The summed E-state index contributed by atoms with van der Waals surface area (Å²) >= 11 is 0. The predicted octanol–water partition coefficient (Wildman–Crippen LogP) is 0.323. The van der Waals surface area contributed by atoms with Gasteiger partial charge in [-0.15, -0.1) is 0 Å². The summed E-state index contributed by atoms with van der Waals surface area (Å²) in [5.41, 5.74) is -0.519. The Morgan fingerprint density at radius 2 is 1.20 bits per heavy atom. The fourth-order valence-corrected chi connectivity index (χ4v) is 11.7. The van der Waals surface area contributed by atoms with Crippen LogP contribution in [0.4, 0.5) is 0 Å². The molecule has 0 spiro atoms. The molecule has 5 unspecified atom stereocenters. The second kappa shape index (κ2) is 23.4. The third-order valence-corrected chi connectivity index (χ3v) is 14.7. The summed E-state index contributed by atoms with van der Waals surface area (Å²) in [5.74, 6) is -5.82. The molecule has 0 saturated heterocycles. The summed E-state index contributed by atoms with van der Waals surface area (Å²) in [6.07, 6.45) is 4.77. The summed E-state index contributed by atoms with van der Waals surface area (Å²) in [7, 11) is 0. The van der Waals surface area contributed by atoms with Crippen molar-refractivity contribution in [1.29, 1.82) is 0 Å². The summed E-state index contributed by atoms with van der Waals surface area (Å²) < 4.78 is 0. The molecular weight excluding hydrogens is 944 g/mol. The van der Waals surface area contributed by atoms with E-state index in [1.165, 1.54) is 4.90 Å². The smallest absolute Gasteiger partial charge is 0.481 e. The van der Waals surface area contributed by atoms with Gasteiger partial charge in [0.25, 0.3) is 0 Å². The van der Waals surface area contributed by atoms with Gasteiger partial charge in [0.05, 0.1) is 44.9 Å². The Balaban J connectivity index is 0.00000992. The number of hydrogen-bond acceptors (Lipinski definition) is 12. The Kier molecular flexibility index (Phi) is 20.2. The van der Waals surface area contributed by atoms with Crippen LogP contribution in [0.5, 0.6) is 0 Å². The summed E-state index contributed by atoms with van der Waals surface area (Å²) in [5, 5.41) is 75.5. The molecule has 4 aliphatic rings. The number of aliphatic hydroxyl groups is 2. The van der Waals surface area contributed by atoms with Crippen molar-refractivity contribution in [2.45, 2.75) is 103 Å². The third kappa shape index (κ3) is 14.2. The van der Waals surface area contributed by atoms with E-state index in [2.05, 4.69) is 31.4 Å². The first-order chi connectivity index (χ1) is 28.1. The van der Waals surface area contributed by atoms with Gasteiger partial charge < -0.3 is 46.4 Å². The van der Waals surface area contributed by atoms with E-state index in [1.807, 2.05) is 0 Å². The largest absolute Gasteiger partial charge is 3.00 e. The van der Waals surface area contributed by atoms with Crippen molar-refractivity contribution >= 4 is 41.7 Å². The molecule has 1 radical (unpaired) electrons. The van der Waals surface area contributed by atoms with Crippen LogP contribution in [0.1, 0.15) is 85.0 Å². The van der Waals surface area contributed by atoms with Crippen molar-refractivity contribution in [3.05, 3.63) is 0 Å². The molecule has 19 nitrogen and oxygen atoms in total. The van der Waals surface area contributed by atoms with E-state index < -0.39 is 79.6 Å². The number of fused-ring (bicyclic) bond motifs is 5. The molecule has 345 valence electrons. The first-order valence-electron chi connectivity index (χ1n) is 21.3. The number of carboxylic acid groups (broad SMARTS) is 5. The van der Waals surface area contributed by atoms with E-state index >= 15 is 0 Å². The number of rotatable bonds is 24. The van der Waals surface area contributed by atoms with E-state index in [9.17, 15) is 69.3 Å². The van der Waals surface area contributed by atoms with E-state index in [-0.39, 0.29) is 145 Å². The van der Waals surface area contributed by atoms with Crippen LogP contribution in [0.3, 0.4) is 0 Å². The molecule has 9 N–H and O–H groups in total. The first-order valence-corrected chi connectivity index (χ1v) is 21.3. The molecule has 0 aromatic heterocycles. The van der Waals surface area contributed by atoms with Crippen LogP contribution in [0.15, 0.2) is 0 Å². The zero-order valence-corrected chi connectivity index (χ0v) is 37.8. The molecule has 20 heteroatoms. The molecule has 4 fully saturated rings. The average Bonchev–Trinajstić information content (AvgIpc) is 3.49. The van der Waals surface area contributed by atoms with Crippen molar-refractivity contribution in [3.63, 3.8) is 0 Å². The Hall–Kier alpha value is -2.59. The van der Waals surface area contributed by atoms with Gasteiger partial charge in [0.15, 0.2) is 0 Å². The first kappa shape index (κ1) is 52.8. The molecule has 4 saturated carbocycles. The molecule has 0 heterocycles. The van der Waals surface area contributed by atoms with Gasteiger partial charge in [-0.1, -0.05) is 20.8 Å². The summed E-state index contributed by atoms with van der Waals surface area (Å²) in [6, 6.07) is -0.130. The molecule has 0 aromatic rings. The van der Waals surface area contributed by atoms with E-state index in [0.29, 0.717) is 25.7 Å². The molecule has 2 amide bonds. The van der Waals surface area contributed by atoms with Gasteiger partial charge in [0.2, 0.25) is 11.8 Å². The molecule has 0 aliphatic heterocycles. The second-order valence-corrected chi connectivity index (χ2v) is 18.4. The normalized spacial score (nSPS) is 31.0. The minimum Gasteiger partial charge on any atom is -0.481 e. The van der Waals surface area contributed by atoms with Gasteiger partial charge in [0.1, 0.15) is 0 Å². The quantitative estimate of drug-likeness (QED) is 0.0629. The molecule has 0 aromatic carbocycles. The number of nitrogens with one attached hydrogen (secondary N) is 2. The number of carbonyl (C=O) groups is 7. The Labute approximate surface area is 389 Å². The third-order valence-electron chi connectivity index (χ3n) is 14.7. The minimum atomic E-state index is -1.25. The number of aliphatic carboxylic acids is 5. The number of amides is 2. The zero-order valence-electron chi connectivity index (χ0n) is 35.5. The molecular formula is C41H67GdN5O14+3. The second-order valence-electron chi connectivity index (χ2n) is 18.4. The van der Waals surface area contributed by atoms with Gasteiger partial charge in [-0.25, -0.2) is 0 Å². The van der Waals surface area contributed by atoms with E-state index in [4.69, 9.17) is 0 Å². The van der Waals surface area contributed by atoms with Crippen LogP contribution in [0.2, 0.25) is 0 Å². The number of aliphatic hydroxyl groups excluding tert-OH is 2. The maximum absolute atomic E-state index is 13.1. The van der Waals surface area contributed by atoms with Crippen LogP contribution in [-0.4, -0.2) is 176 Å². The number of nitrogens with zero attached hydrogens (tertiary/aromatic N) is 3. The molecule has 4 aliphatic carbocycles. The van der Waals surface area contributed by atoms with E-state index in [1.54, 1.807) is 0 Å². The van der Waals surface area contributed by atoms with E-state index in [0.717, 1.165) is 35.5 Å². The van der Waals surface area contributed by atoms with Crippen molar-refractivity contribution < 1.29 is 109 Å². The Morgan fingerprint density at radius 3 is 1.72 bits per heavy atom. The zero-order chi connectivity index (χ0) is 44.5. The van der Waals surface area contributed by atoms with Crippen molar-refractivity contribution in [3.8, 4) is 0 Å². The topological polar surface area (TPSA) is 295 Å². The standard InChI is InChI=1S/C41H67N5O14.Gd/c1-24(4-7-34(51)52)27-5-6-28-39-29(18-31(48)41(27,28)3)40(2)10-8-26(16-25(40)17-30(39)47)43-32(49)9-11-42-33(50)19-44(12-14-45(20-35(53)54)21-36(55)56)13-15-46(22-37(57)58)23-38(59)60;/h24-31,39,47-48H,4-23H2,1-3H3,(H,42,50)(H,43,49)(H,51,52)(H,53,54)(H,55,56)(H,57,58)(H,59,60);/q;+3/t24?,25?,26-,27+,28?,29?,30+,31-,39?,40-,41+;/m0./s1. The maximum Gasteiger partial charge on any atom is 3.00 e. The van der Waals surface area contributed by atoms with Crippen molar-refractivity contribution in [2.75, 3.05) is 65.4 Å². The molecule has 0 bridgehead atoms. The number of carboxylic acids is 5. The average molecular weight is 1010 g/mol. The van der Waals surface area contributed by atoms with Crippen molar-refractivity contribution in [1.82, 2.24) is 25.3 Å².